The Hall–Kier alpha value is -3.14. The first kappa shape index (κ1) is 16.2. The summed E-state index contributed by atoms with van der Waals surface area (Å²) in [4.78, 5) is 24.6. The van der Waals surface area contributed by atoms with Crippen LogP contribution in [0.3, 0.4) is 0 Å². The van der Waals surface area contributed by atoms with Crippen molar-refractivity contribution in [2.24, 2.45) is 0 Å². The molecule has 2 aromatic rings. The summed E-state index contributed by atoms with van der Waals surface area (Å²) in [5, 5.41) is 5.40. The second-order valence-electron chi connectivity index (χ2n) is 4.75. The van der Waals surface area contributed by atoms with Gasteiger partial charge in [-0.15, -0.1) is 0 Å². The van der Waals surface area contributed by atoms with Gasteiger partial charge in [0, 0.05) is 11.3 Å². The minimum atomic E-state index is -0.376. The summed E-state index contributed by atoms with van der Waals surface area (Å²) in [5.74, 6) is -0.705. The quantitative estimate of drug-likeness (QED) is 0.656. The van der Waals surface area contributed by atoms with Crippen LogP contribution in [0.1, 0.15) is 17.3 Å². The zero-order valence-corrected chi connectivity index (χ0v) is 12.8. The fourth-order valence-electron chi connectivity index (χ4n) is 1.87. The summed E-state index contributed by atoms with van der Waals surface area (Å²) in [5.41, 5.74) is 1.34. The van der Waals surface area contributed by atoms with E-state index in [-0.39, 0.29) is 17.5 Å². The van der Waals surface area contributed by atoms with Gasteiger partial charge in [0.1, 0.15) is 5.70 Å². The molecule has 0 spiro atoms. The molecule has 0 bridgehead atoms. The summed E-state index contributed by atoms with van der Waals surface area (Å²) in [6.07, 6.45) is 5.05. The molecule has 0 saturated heterocycles. The Bertz CT molecular complexity index is 720. The van der Waals surface area contributed by atoms with Crippen LogP contribution in [0.2, 0.25) is 0 Å². The molecule has 0 unspecified atom stereocenters. The lowest BCUT2D eigenvalue weighted by Gasteiger charge is -2.10. The van der Waals surface area contributed by atoms with Crippen LogP contribution < -0.4 is 10.6 Å². The lowest BCUT2D eigenvalue weighted by atomic mass is 10.2. The highest BCUT2D eigenvalue weighted by Gasteiger charge is 2.13. The van der Waals surface area contributed by atoms with Gasteiger partial charge in [0.15, 0.2) is 0 Å². The smallest absolute Gasteiger partial charge is 0.272 e. The number of anilines is 1. The van der Waals surface area contributed by atoms with Crippen molar-refractivity contribution in [2.45, 2.75) is 6.92 Å². The van der Waals surface area contributed by atoms with Crippen molar-refractivity contribution in [3.63, 3.8) is 0 Å². The van der Waals surface area contributed by atoms with Crippen molar-refractivity contribution in [1.82, 2.24) is 5.32 Å². The van der Waals surface area contributed by atoms with Crippen LogP contribution in [0, 0.1) is 0 Å². The average Bonchev–Trinajstić information content (AvgIpc) is 2.60. The maximum Gasteiger partial charge on any atom is 0.272 e. The topological polar surface area (TPSA) is 58.2 Å². The van der Waals surface area contributed by atoms with Gasteiger partial charge in [0.25, 0.3) is 11.8 Å². The number of para-hydroxylation sites is 1. The Morgan fingerprint density at radius 3 is 2.13 bits per heavy atom. The molecule has 0 radical (unpaired) electrons. The fraction of sp³-hybridized carbons (Fsp3) is 0.0526. The lowest BCUT2D eigenvalue weighted by Crippen LogP contribution is -2.30. The van der Waals surface area contributed by atoms with E-state index in [1.807, 2.05) is 31.2 Å². The molecule has 23 heavy (non-hydrogen) atoms. The van der Waals surface area contributed by atoms with Gasteiger partial charge in [-0.05, 0) is 37.3 Å². The molecule has 116 valence electrons. The Morgan fingerprint density at radius 1 is 0.913 bits per heavy atom. The normalized spacial score (nSPS) is 11.3. The number of hydrogen-bond donors (Lipinski definition) is 2. The average molecular weight is 306 g/mol. The van der Waals surface area contributed by atoms with E-state index >= 15 is 0 Å². The molecular weight excluding hydrogens is 288 g/mol. The maximum atomic E-state index is 12.4. The molecule has 2 amide bonds. The Labute approximate surface area is 135 Å². The fourth-order valence-corrected chi connectivity index (χ4v) is 1.87. The Balaban J connectivity index is 2.14. The number of nitrogens with one attached hydrogen (secondary N) is 2. The van der Waals surface area contributed by atoms with Crippen LogP contribution >= 0.6 is 0 Å². The minimum absolute atomic E-state index is 0.181. The van der Waals surface area contributed by atoms with Gasteiger partial charge in [0.05, 0.1) is 0 Å². The Morgan fingerprint density at radius 2 is 1.52 bits per heavy atom. The van der Waals surface area contributed by atoms with Crippen LogP contribution in [-0.4, -0.2) is 11.8 Å². The summed E-state index contributed by atoms with van der Waals surface area (Å²) < 4.78 is 0. The zero-order chi connectivity index (χ0) is 16.5. The van der Waals surface area contributed by atoms with Crippen LogP contribution in [0.4, 0.5) is 5.69 Å². The van der Waals surface area contributed by atoms with Crippen LogP contribution in [0.5, 0.6) is 0 Å². The second-order valence-corrected chi connectivity index (χ2v) is 4.75. The molecule has 2 aromatic carbocycles. The highest BCUT2D eigenvalue weighted by atomic mass is 16.2. The molecule has 0 aliphatic rings. The number of carbonyl (C=O) groups is 2. The molecule has 2 N–H and O–H groups in total. The molecular formula is C19H18N2O2. The molecule has 0 aliphatic carbocycles. The second kappa shape index (κ2) is 8.34. The molecule has 4 nitrogen and oxygen atoms in total. The van der Waals surface area contributed by atoms with Crippen molar-refractivity contribution in [3.05, 3.63) is 90.2 Å². The molecule has 4 heteroatoms. The van der Waals surface area contributed by atoms with Gasteiger partial charge < -0.3 is 10.6 Å². The summed E-state index contributed by atoms with van der Waals surface area (Å²) in [7, 11) is 0. The molecule has 0 fully saturated rings. The number of benzene rings is 2. The molecule has 0 saturated carbocycles. The lowest BCUT2D eigenvalue weighted by molar-refractivity contribution is -0.113. The largest absolute Gasteiger partial charge is 0.321 e. The van der Waals surface area contributed by atoms with Crippen molar-refractivity contribution in [2.75, 3.05) is 5.32 Å². The number of amides is 2. The van der Waals surface area contributed by atoms with Crippen molar-refractivity contribution in [1.29, 1.82) is 0 Å². The van der Waals surface area contributed by atoms with Gasteiger partial charge in [-0.2, -0.15) is 0 Å². The van der Waals surface area contributed by atoms with Gasteiger partial charge in [-0.1, -0.05) is 48.6 Å². The predicted octanol–water partition coefficient (Wildman–Crippen LogP) is 3.52. The summed E-state index contributed by atoms with van der Waals surface area (Å²) in [6.45, 7) is 1.84. The van der Waals surface area contributed by atoms with E-state index in [0.29, 0.717) is 11.3 Å². The number of allylic oxidation sites excluding steroid dienone is 3. The highest BCUT2D eigenvalue weighted by molar-refractivity contribution is 6.08. The highest BCUT2D eigenvalue weighted by Crippen LogP contribution is 2.07. The number of rotatable bonds is 5. The van der Waals surface area contributed by atoms with Gasteiger partial charge >= 0.3 is 0 Å². The molecule has 0 aliphatic heterocycles. The van der Waals surface area contributed by atoms with Crippen molar-refractivity contribution < 1.29 is 9.59 Å². The van der Waals surface area contributed by atoms with Crippen LogP contribution in [0.25, 0.3) is 0 Å². The van der Waals surface area contributed by atoms with E-state index in [2.05, 4.69) is 10.6 Å². The first-order chi connectivity index (χ1) is 11.2. The third-order valence-electron chi connectivity index (χ3n) is 3.02. The minimum Gasteiger partial charge on any atom is -0.321 e. The predicted molar refractivity (Wildman–Crippen MR) is 91.9 cm³/mol. The summed E-state index contributed by atoms with van der Waals surface area (Å²) >= 11 is 0. The maximum absolute atomic E-state index is 12.4. The standard InChI is InChI=1S/C19H18N2O2/c1-2-3-14-17(19(23)20-16-12-8-5-9-13-16)21-18(22)15-10-6-4-7-11-15/h2-14H,1H3,(H,20,23)(H,21,22)/b3-2+,17-14-. The van der Waals surface area contributed by atoms with E-state index in [4.69, 9.17) is 0 Å². The van der Waals surface area contributed by atoms with Gasteiger partial charge in [-0.3, -0.25) is 9.59 Å². The molecule has 2 rings (SSSR count). The zero-order valence-electron chi connectivity index (χ0n) is 12.8. The number of carbonyl (C=O) groups excluding carboxylic acids is 2. The molecule has 0 aromatic heterocycles. The third-order valence-corrected chi connectivity index (χ3v) is 3.02. The van der Waals surface area contributed by atoms with Gasteiger partial charge in [0.2, 0.25) is 0 Å². The number of hydrogen-bond acceptors (Lipinski definition) is 2. The summed E-state index contributed by atoms with van der Waals surface area (Å²) in [6, 6.07) is 17.8. The van der Waals surface area contributed by atoms with E-state index in [1.165, 1.54) is 0 Å². The molecule has 0 heterocycles. The third kappa shape index (κ3) is 4.97. The van der Waals surface area contributed by atoms with Crippen LogP contribution in [0.15, 0.2) is 84.6 Å². The first-order valence-electron chi connectivity index (χ1n) is 7.26. The van der Waals surface area contributed by atoms with E-state index in [1.54, 1.807) is 54.6 Å². The van der Waals surface area contributed by atoms with Crippen molar-refractivity contribution >= 4 is 17.5 Å². The monoisotopic (exact) mass is 306 g/mol. The van der Waals surface area contributed by atoms with Crippen molar-refractivity contribution in [3.8, 4) is 0 Å². The van der Waals surface area contributed by atoms with E-state index in [0.717, 1.165) is 0 Å². The van der Waals surface area contributed by atoms with E-state index < -0.39 is 0 Å². The van der Waals surface area contributed by atoms with E-state index in [9.17, 15) is 9.59 Å². The Kier molecular flexibility index (Phi) is 5.89. The van der Waals surface area contributed by atoms with Gasteiger partial charge in [-0.25, -0.2) is 0 Å². The first-order valence-corrected chi connectivity index (χ1v) is 7.26. The SMILES string of the molecule is C/C=C/C=C(\NC(=O)c1ccccc1)C(=O)Nc1ccccc1. The van der Waals surface area contributed by atoms with Crippen LogP contribution in [-0.2, 0) is 4.79 Å². The molecule has 0 atom stereocenters.